The van der Waals surface area contributed by atoms with Crippen LogP contribution in [0, 0.1) is 5.92 Å². The highest BCUT2D eigenvalue weighted by Crippen LogP contribution is 2.28. The van der Waals surface area contributed by atoms with E-state index in [1.807, 2.05) is 4.90 Å². The third kappa shape index (κ3) is 4.00. The Morgan fingerprint density at radius 2 is 2.12 bits per heavy atom. The normalized spacial score (nSPS) is 17.6. The zero-order valence-electron chi connectivity index (χ0n) is 13.4. The topological polar surface area (TPSA) is 45.2 Å². The number of amides is 1. The van der Waals surface area contributed by atoms with Crippen LogP contribution in [0.5, 0.6) is 0 Å². The molecule has 1 aliphatic heterocycles. The van der Waals surface area contributed by atoms with Gasteiger partial charge in [-0.25, -0.2) is 4.98 Å². The number of pyridine rings is 1. The average Bonchev–Trinajstić information content (AvgIpc) is 2.57. The van der Waals surface area contributed by atoms with Crippen molar-refractivity contribution >= 4 is 40.6 Å². The first-order valence-corrected chi connectivity index (χ1v) is 8.76. The Morgan fingerprint density at radius 3 is 2.88 bits per heavy atom. The van der Waals surface area contributed by atoms with Crippen molar-refractivity contribution in [3.05, 3.63) is 52.1 Å². The summed E-state index contributed by atoms with van der Waals surface area (Å²) in [7, 11) is 0. The Hall–Kier alpha value is -1.78. The van der Waals surface area contributed by atoms with Crippen LogP contribution in [-0.4, -0.2) is 28.9 Å². The summed E-state index contributed by atoms with van der Waals surface area (Å²) in [5, 5.41) is 4.21. The summed E-state index contributed by atoms with van der Waals surface area (Å²) >= 11 is 12.1. The highest BCUT2D eigenvalue weighted by Gasteiger charge is 2.22. The van der Waals surface area contributed by atoms with Gasteiger partial charge >= 0.3 is 0 Å². The third-order valence-corrected chi connectivity index (χ3v) is 4.69. The molecule has 1 unspecified atom stereocenters. The van der Waals surface area contributed by atoms with E-state index in [1.165, 1.54) is 6.42 Å². The number of hydrogen-bond acceptors (Lipinski definition) is 3. The molecule has 1 atom stereocenters. The second-order valence-corrected chi connectivity index (χ2v) is 7.02. The first-order valence-electron chi connectivity index (χ1n) is 8.00. The van der Waals surface area contributed by atoms with Crippen molar-refractivity contribution in [2.24, 2.45) is 5.92 Å². The zero-order chi connectivity index (χ0) is 17.1. The molecule has 1 aromatic carbocycles. The molecule has 24 heavy (non-hydrogen) atoms. The molecule has 2 aromatic rings. The predicted molar refractivity (Wildman–Crippen MR) is 98.3 cm³/mol. The van der Waals surface area contributed by atoms with Crippen LogP contribution in [0.15, 0.2) is 36.5 Å². The molecular formula is C18H19Cl2N3O. The van der Waals surface area contributed by atoms with E-state index in [2.05, 4.69) is 17.2 Å². The summed E-state index contributed by atoms with van der Waals surface area (Å²) < 4.78 is 0. The number of carbonyl (C=O) groups excluding carboxylic acids is 1. The Labute approximate surface area is 151 Å². The Kier molecular flexibility index (Phi) is 5.27. The van der Waals surface area contributed by atoms with Crippen LogP contribution in [0.2, 0.25) is 10.0 Å². The van der Waals surface area contributed by atoms with E-state index >= 15 is 0 Å². The minimum Gasteiger partial charge on any atom is -0.339 e. The second kappa shape index (κ2) is 7.41. The molecule has 1 aromatic heterocycles. The quantitative estimate of drug-likeness (QED) is 0.833. The van der Waals surface area contributed by atoms with Gasteiger partial charge in [0.15, 0.2) is 0 Å². The van der Waals surface area contributed by atoms with Gasteiger partial charge in [0.25, 0.3) is 5.91 Å². The monoisotopic (exact) mass is 363 g/mol. The van der Waals surface area contributed by atoms with Crippen LogP contribution in [-0.2, 0) is 0 Å². The van der Waals surface area contributed by atoms with E-state index in [0.717, 1.165) is 19.5 Å². The van der Waals surface area contributed by atoms with E-state index in [9.17, 15) is 4.79 Å². The number of piperidine rings is 1. The van der Waals surface area contributed by atoms with Gasteiger partial charge in [0.05, 0.1) is 10.7 Å². The van der Waals surface area contributed by atoms with Gasteiger partial charge in [-0.05, 0) is 49.1 Å². The van der Waals surface area contributed by atoms with Crippen LogP contribution in [0.25, 0.3) is 0 Å². The first-order chi connectivity index (χ1) is 11.5. The fourth-order valence-electron chi connectivity index (χ4n) is 2.92. The summed E-state index contributed by atoms with van der Waals surface area (Å²) in [5.41, 5.74) is 1.33. The van der Waals surface area contributed by atoms with Crippen molar-refractivity contribution in [2.45, 2.75) is 19.8 Å². The molecule has 6 heteroatoms. The van der Waals surface area contributed by atoms with Gasteiger partial charge in [0, 0.05) is 29.9 Å². The number of likely N-dealkylation sites (tertiary alicyclic amines) is 1. The van der Waals surface area contributed by atoms with Crippen molar-refractivity contribution in [1.29, 1.82) is 0 Å². The standard InChI is InChI=1S/C18H19Cl2N3O/c1-12-3-2-8-23(11-12)18(24)13-6-7-21-17(9-13)22-16-5-4-14(19)10-15(16)20/h4-7,9-10,12H,2-3,8,11H2,1H3,(H,21,22). The van der Waals surface area contributed by atoms with E-state index in [-0.39, 0.29) is 5.91 Å². The summed E-state index contributed by atoms with van der Waals surface area (Å²) in [5.74, 6) is 1.18. The number of hydrogen-bond donors (Lipinski definition) is 1. The molecule has 3 rings (SSSR count). The highest BCUT2D eigenvalue weighted by molar-refractivity contribution is 6.36. The SMILES string of the molecule is CC1CCCN(C(=O)c2ccnc(Nc3ccc(Cl)cc3Cl)c2)C1. The number of aromatic nitrogens is 1. The van der Waals surface area contributed by atoms with Crippen LogP contribution in [0.3, 0.4) is 0 Å². The number of nitrogens with one attached hydrogen (secondary N) is 1. The lowest BCUT2D eigenvalue weighted by molar-refractivity contribution is 0.0683. The summed E-state index contributed by atoms with van der Waals surface area (Å²) in [6.45, 7) is 3.81. The number of carbonyl (C=O) groups is 1. The van der Waals surface area contributed by atoms with Gasteiger partial charge in [-0.15, -0.1) is 0 Å². The van der Waals surface area contributed by atoms with E-state index < -0.39 is 0 Å². The highest BCUT2D eigenvalue weighted by atomic mass is 35.5. The minimum atomic E-state index is 0.0502. The number of nitrogens with zero attached hydrogens (tertiary/aromatic N) is 2. The number of benzene rings is 1. The zero-order valence-corrected chi connectivity index (χ0v) is 14.9. The molecule has 0 aliphatic carbocycles. The van der Waals surface area contributed by atoms with Crippen LogP contribution < -0.4 is 5.32 Å². The number of anilines is 2. The van der Waals surface area contributed by atoms with Gasteiger partial charge in [0.1, 0.15) is 5.82 Å². The molecule has 0 saturated carbocycles. The molecule has 2 heterocycles. The van der Waals surface area contributed by atoms with Crippen molar-refractivity contribution in [1.82, 2.24) is 9.88 Å². The molecular weight excluding hydrogens is 345 g/mol. The molecule has 1 amide bonds. The van der Waals surface area contributed by atoms with Gasteiger partial charge in [-0.1, -0.05) is 30.1 Å². The molecule has 1 saturated heterocycles. The fraction of sp³-hybridized carbons (Fsp3) is 0.333. The van der Waals surface area contributed by atoms with Gasteiger partial charge in [-0.2, -0.15) is 0 Å². The smallest absolute Gasteiger partial charge is 0.254 e. The Morgan fingerprint density at radius 1 is 1.29 bits per heavy atom. The number of rotatable bonds is 3. The number of halogens is 2. The molecule has 0 spiro atoms. The lowest BCUT2D eigenvalue weighted by atomic mass is 9.99. The Balaban J connectivity index is 1.77. The van der Waals surface area contributed by atoms with Crippen molar-refractivity contribution in [2.75, 3.05) is 18.4 Å². The van der Waals surface area contributed by atoms with Crippen molar-refractivity contribution < 1.29 is 4.79 Å². The first kappa shape index (κ1) is 17.1. The van der Waals surface area contributed by atoms with Crippen molar-refractivity contribution in [3.8, 4) is 0 Å². The second-order valence-electron chi connectivity index (χ2n) is 6.18. The van der Waals surface area contributed by atoms with E-state index in [0.29, 0.717) is 33.0 Å². The maximum absolute atomic E-state index is 12.7. The van der Waals surface area contributed by atoms with E-state index in [4.69, 9.17) is 23.2 Å². The fourth-order valence-corrected chi connectivity index (χ4v) is 3.37. The molecule has 0 radical (unpaired) electrons. The minimum absolute atomic E-state index is 0.0502. The summed E-state index contributed by atoms with van der Waals surface area (Å²) in [6, 6.07) is 8.70. The average molecular weight is 364 g/mol. The van der Waals surface area contributed by atoms with Crippen LogP contribution in [0.4, 0.5) is 11.5 Å². The molecule has 4 nitrogen and oxygen atoms in total. The summed E-state index contributed by atoms with van der Waals surface area (Å²) in [6.07, 6.45) is 3.87. The summed E-state index contributed by atoms with van der Waals surface area (Å²) in [4.78, 5) is 18.9. The maximum Gasteiger partial charge on any atom is 0.254 e. The van der Waals surface area contributed by atoms with Gasteiger partial charge < -0.3 is 10.2 Å². The largest absolute Gasteiger partial charge is 0.339 e. The van der Waals surface area contributed by atoms with Crippen molar-refractivity contribution in [3.63, 3.8) is 0 Å². The molecule has 1 aliphatic rings. The molecule has 126 valence electrons. The van der Waals surface area contributed by atoms with Gasteiger partial charge in [0.2, 0.25) is 0 Å². The van der Waals surface area contributed by atoms with Gasteiger partial charge in [-0.3, -0.25) is 4.79 Å². The maximum atomic E-state index is 12.7. The molecule has 1 N–H and O–H groups in total. The lowest BCUT2D eigenvalue weighted by Crippen LogP contribution is -2.39. The van der Waals surface area contributed by atoms with E-state index in [1.54, 1.807) is 36.5 Å². The van der Waals surface area contributed by atoms with Crippen LogP contribution >= 0.6 is 23.2 Å². The predicted octanol–water partition coefficient (Wildman–Crippen LogP) is 5.00. The lowest BCUT2D eigenvalue weighted by Gasteiger charge is -2.31. The third-order valence-electron chi connectivity index (χ3n) is 4.14. The molecule has 1 fully saturated rings. The molecule has 0 bridgehead atoms. The Bertz CT molecular complexity index is 751. The van der Waals surface area contributed by atoms with Crippen LogP contribution in [0.1, 0.15) is 30.1 Å².